The van der Waals surface area contributed by atoms with E-state index >= 15 is 0 Å². The number of amides is 1. The molecule has 2 rings (SSSR count). The lowest BCUT2D eigenvalue weighted by molar-refractivity contribution is -0.114. The second-order valence-electron chi connectivity index (χ2n) is 5.35. The van der Waals surface area contributed by atoms with Gasteiger partial charge in [0.15, 0.2) is 5.96 Å². The summed E-state index contributed by atoms with van der Waals surface area (Å²) in [5, 5.41) is 2.72. The molecule has 0 aliphatic carbocycles. The fourth-order valence-corrected chi connectivity index (χ4v) is 2.41. The molecule has 0 unspecified atom stereocenters. The van der Waals surface area contributed by atoms with E-state index in [1.165, 1.54) is 26.2 Å². The first-order chi connectivity index (χ1) is 10.6. The number of guanidine groups is 1. The largest absolute Gasteiger partial charge is 0.492 e. The van der Waals surface area contributed by atoms with Gasteiger partial charge >= 0.3 is 0 Å². The maximum absolute atomic E-state index is 11.0. The van der Waals surface area contributed by atoms with Gasteiger partial charge in [-0.15, -0.1) is 24.0 Å². The summed E-state index contributed by atoms with van der Waals surface area (Å²) >= 11 is 0. The zero-order chi connectivity index (χ0) is 15.8. The van der Waals surface area contributed by atoms with Gasteiger partial charge in [0.25, 0.3) is 0 Å². The molecule has 7 heteroatoms. The molecule has 0 radical (unpaired) electrons. The van der Waals surface area contributed by atoms with E-state index in [0.717, 1.165) is 18.8 Å². The molecule has 0 saturated carbocycles. The Kier molecular flexibility index (Phi) is 8.75. The molecule has 1 aromatic rings. The molecule has 128 valence electrons. The Morgan fingerprint density at radius 2 is 2.09 bits per heavy atom. The van der Waals surface area contributed by atoms with E-state index in [1.807, 2.05) is 18.2 Å². The number of carbonyl (C=O) groups is 1. The van der Waals surface area contributed by atoms with Crippen LogP contribution >= 0.6 is 24.0 Å². The molecular formula is C16H25IN4O2. The van der Waals surface area contributed by atoms with Crippen LogP contribution in [0.25, 0.3) is 0 Å². The van der Waals surface area contributed by atoms with Crippen molar-refractivity contribution < 1.29 is 9.53 Å². The summed E-state index contributed by atoms with van der Waals surface area (Å²) in [6, 6.07) is 7.30. The number of nitrogens with zero attached hydrogens (tertiary/aromatic N) is 2. The van der Waals surface area contributed by atoms with Crippen LogP contribution in [-0.4, -0.2) is 43.0 Å². The highest BCUT2D eigenvalue weighted by Gasteiger charge is 2.11. The quantitative estimate of drug-likeness (QED) is 0.324. The number of hydrogen-bond acceptors (Lipinski definition) is 3. The Labute approximate surface area is 154 Å². The van der Waals surface area contributed by atoms with Crippen molar-refractivity contribution in [2.75, 3.05) is 31.6 Å². The van der Waals surface area contributed by atoms with Crippen LogP contribution in [0.2, 0.25) is 0 Å². The van der Waals surface area contributed by atoms with Crippen molar-refractivity contribution in [3.8, 4) is 5.75 Å². The van der Waals surface area contributed by atoms with E-state index in [9.17, 15) is 4.79 Å². The SMILES string of the molecule is CC(=O)Nc1cccc(OCCN=C(N)N2CCCCC2)c1.I. The molecule has 0 bridgehead atoms. The molecule has 1 amide bonds. The minimum absolute atomic E-state index is 0. The molecule has 1 heterocycles. The maximum atomic E-state index is 11.0. The number of benzene rings is 1. The topological polar surface area (TPSA) is 79.9 Å². The summed E-state index contributed by atoms with van der Waals surface area (Å²) in [5.41, 5.74) is 6.70. The van der Waals surface area contributed by atoms with E-state index in [1.54, 1.807) is 6.07 Å². The van der Waals surface area contributed by atoms with E-state index in [2.05, 4.69) is 15.2 Å². The Morgan fingerprint density at radius 1 is 1.35 bits per heavy atom. The summed E-state index contributed by atoms with van der Waals surface area (Å²) in [6.07, 6.45) is 3.64. The van der Waals surface area contributed by atoms with Gasteiger partial charge in [0.2, 0.25) is 5.91 Å². The molecule has 23 heavy (non-hydrogen) atoms. The van der Waals surface area contributed by atoms with Crippen LogP contribution in [0.5, 0.6) is 5.75 Å². The average molecular weight is 432 g/mol. The summed E-state index contributed by atoms with van der Waals surface area (Å²) in [6.45, 7) is 4.44. The van der Waals surface area contributed by atoms with Crippen molar-refractivity contribution in [2.24, 2.45) is 10.7 Å². The molecule has 1 aliphatic heterocycles. The first-order valence-electron chi connectivity index (χ1n) is 7.70. The summed E-state index contributed by atoms with van der Waals surface area (Å²) < 4.78 is 5.63. The lowest BCUT2D eigenvalue weighted by Gasteiger charge is -2.27. The van der Waals surface area contributed by atoms with Gasteiger partial charge in [-0.3, -0.25) is 4.79 Å². The molecule has 1 fully saturated rings. The van der Waals surface area contributed by atoms with Gasteiger partial charge in [-0.1, -0.05) is 6.07 Å². The van der Waals surface area contributed by atoms with Crippen LogP contribution in [0.3, 0.4) is 0 Å². The monoisotopic (exact) mass is 432 g/mol. The molecule has 3 N–H and O–H groups in total. The normalized spacial score (nSPS) is 14.8. The van der Waals surface area contributed by atoms with Gasteiger partial charge in [-0.05, 0) is 31.4 Å². The van der Waals surface area contributed by atoms with Crippen molar-refractivity contribution in [3.05, 3.63) is 24.3 Å². The van der Waals surface area contributed by atoms with E-state index in [4.69, 9.17) is 10.5 Å². The first-order valence-corrected chi connectivity index (χ1v) is 7.70. The number of hydrogen-bond donors (Lipinski definition) is 2. The zero-order valence-electron chi connectivity index (χ0n) is 13.5. The molecule has 1 aromatic carbocycles. The number of piperidine rings is 1. The highest BCUT2D eigenvalue weighted by molar-refractivity contribution is 14.0. The zero-order valence-corrected chi connectivity index (χ0v) is 15.8. The van der Waals surface area contributed by atoms with Gasteiger partial charge < -0.3 is 20.7 Å². The molecule has 0 spiro atoms. The average Bonchev–Trinajstić information content (AvgIpc) is 2.52. The second kappa shape index (κ2) is 10.3. The summed E-state index contributed by atoms with van der Waals surface area (Å²) in [5.74, 6) is 1.21. The van der Waals surface area contributed by atoms with Crippen molar-refractivity contribution in [3.63, 3.8) is 0 Å². The van der Waals surface area contributed by atoms with Crippen LogP contribution in [0.4, 0.5) is 5.69 Å². The predicted molar refractivity (Wildman–Crippen MR) is 104 cm³/mol. The minimum Gasteiger partial charge on any atom is -0.492 e. The summed E-state index contributed by atoms with van der Waals surface area (Å²) in [4.78, 5) is 17.5. The first kappa shape index (κ1) is 19.5. The van der Waals surface area contributed by atoms with Gasteiger partial charge in [0.1, 0.15) is 12.4 Å². The third-order valence-corrected chi connectivity index (χ3v) is 3.47. The van der Waals surface area contributed by atoms with Crippen LogP contribution in [0.1, 0.15) is 26.2 Å². The van der Waals surface area contributed by atoms with Gasteiger partial charge in [0, 0.05) is 31.8 Å². The number of rotatable bonds is 5. The third-order valence-electron chi connectivity index (χ3n) is 3.47. The Hall–Kier alpha value is -1.51. The lowest BCUT2D eigenvalue weighted by atomic mass is 10.1. The van der Waals surface area contributed by atoms with E-state index in [-0.39, 0.29) is 29.9 Å². The van der Waals surface area contributed by atoms with Crippen LogP contribution in [0, 0.1) is 0 Å². The van der Waals surface area contributed by atoms with Crippen molar-refractivity contribution in [2.45, 2.75) is 26.2 Å². The molecular weight excluding hydrogens is 407 g/mol. The van der Waals surface area contributed by atoms with Crippen molar-refractivity contribution >= 4 is 41.5 Å². The fraction of sp³-hybridized carbons (Fsp3) is 0.500. The highest BCUT2D eigenvalue weighted by Crippen LogP contribution is 2.17. The van der Waals surface area contributed by atoms with Gasteiger partial charge in [-0.2, -0.15) is 0 Å². The molecule has 1 aliphatic rings. The molecule has 6 nitrogen and oxygen atoms in total. The van der Waals surface area contributed by atoms with Crippen LogP contribution < -0.4 is 15.8 Å². The van der Waals surface area contributed by atoms with Crippen LogP contribution in [0.15, 0.2) is 29.3 Å². The Morgan fingerprint density at radius 3 is 2.78 bits per heavy atom. The molecule has 0 aromatic heterocycles. The van der Waals surface area contributed by atoms with Gasteiger partial charge in [0.05, 0.1) is 6.54 Å². The maximum Gasteiger partial charge on any atom is 0.221 e. The predicted octanol–water partition coefficient (Wildman–Crippen LogP) is 2.44. The third kappa shape index (κ3) is 7.06. The fourth-order valence-electron chi connectivity index (χ4n) is 2.41. The number of likely N-dealkylation sites (tertiary alicyclic amines) is 1. The number of ether oxygens (including phenoxy) is 1. The standard InChI is InChI=1S/C16H24N4O2.HI/c1-13(21)19-14-6-5-7-15(12-14)22-11-8-18-16(17)20-9-3-2-4-10-20;/h5-7,12H,2-4,8-11H2,1H3,(H2,17,18)(H,19,21);1H. The number of anilines is 1. The molecule has 0 atom stereocenters. The second-order valence-corrected chi connectivity index (χ2v) is 5.35. The van der Waals surface area contributed by atoms with Crippen LogP contribution in [-0.2, 0) is 4.79 Å². The molecule has 1 saturated heterocycles. The van der Waals surface area contributed by atoms with Crippen molar-refractivity contribution in [1.82, 2.24) is 4.90 Å². The number of nitrogens with two attached hydrogens (primary N) is 1. The highest BCUT2D eigenvalue weighted by atomic mass is 127. The minimum atomic E-state index is -0.101. The Bertz CT molecular complexity index is 531. The van der Waals surface area contributed by atoms with E-state index in [0.29, 0.717) is 24.9 Å². The number of carbonyl (C=O) groups excluding carboxylic acids is 1. The Balaban J connectivity index is 0.00000264. The smallest absolute Gasteiger partial charge is 0.221 e. The van der Waals surface area contributed by atoms with Crippen molar-refractivity contribution in [1.29, 1.82) is 0 Å². The number of aliphatic imine (C=N–C) groups is 1. The van der Waals surface area contributed by atoms with E-state index < -0.39 is 0 Å². The number of nitrogens with one attached hydrogen (secondary N) is 1. The number of halogens is 1. The summed E-state index contributed by atoms with van der Waals surface area (Å²) in [7, 11) is 0. The van der Waals surface area contributed by atoms with Gasteiger partial charge in [-0.25, -0.2) is 4.99 Å². The lowest BCUT2D eigenvalue weighted by Crippen LogP contribution is -2.41.